The Hall–Kier alpha value is -2.44. The van der Waals surface area contributed by atoms with Gasteiger partial charge in [-0.25, -0.2) is 9.97 Å². The Bertz CT molecular complexity index is 964. The number of hydrogen-bond donors (Lipinski definition) is 1. The third kappa shape index (κ3) is 4.07. The van der Waals surface area contributed by atoms with E-state index >= 15 is 0 Å². The SMILES string of the molecule is C=CC[C@H](O)CC1=CCc2sc3ncnc(OC4CCC(N(C=C)C=C)CC4)c3c21. The zero-order chi connectivity index (χ0) is 21.1. The first-order chi connectivity index (χ1) is 14.6. The summed E-state index contributed by atoms with van der Waals surface area (Å²) in [5.41, 5.74) is 2.34. The fourth-order valence-electron chi connectivity index (χ4n) is 4.55. The van der Waals surface area contributed by atoms with Gasteiger partial charge in [0.2, 0.25) is 5.88 Å². The van der Waals surface area contributed by atoms with Gasteiger partial charge >= 0.3 is 0 Å². The van der Waals surface area contributed by atoms with Gasteiger partial charge in [-0.05, 0) is 56.5 Å². The number of hydrogen-bond acceptors (Lipinski definition) is 6. The number of thiophene rings is 1. The molecule has 1 atom stereocenters. The van der Waals surface area contributed by atoms with E-state index in [0.717, 1.165) is 42.3 Å². The van der Waals surface area contributed by atoms with Crippen molar-refractivity contribution < 1.29 is 9.84 Å². The van der Waals surface area contributed by atoms with E-state index in [1.54, 1.807) is 23.7 Å². The molecule has 2 aromatic heterocycles. The first kappa shape index (κ1) is 20.8. The fraction of sp³-hybridized carbons (Fsp3) is 0.417. The molecule has 0 unspecified atom stereocenters. The van der Waals surface area contributed by atoms with Gasteiger partial charge in [-0.1, -0.05) is 25.3 Å². The summed E-state index contributed by atoms with van der Waals surface area (Å²) < 4.78 is 6.43. The van der Waals surface area contributed by atoms with E-state index in [1.807, 2.05) is 12.4 Å². The second kappa shape index (κ2) is 9.14. The summed E-state index contributed by atoms with van der Waals surface area (Å²) in [5.74, 6) is 0.677. The van der Waals surface area contributed by atoms with Crippen molar-refractivity contribution in [3.05, 3.63) is 61.1 Å². The lowest BCUT2D eigenvalue weighted by molar-refractivity contribution is 0.119. The maximum absolute atomic E-state index is 10.3. The minimum atomic E-state index is -0.420. The summed E-state index contributed by atoms with van der Waals surface area (Å²) in [6, 6.07) is 0.441. The van der Waals surface area contributed by atoms with Crippen LogP contribution >= 0.6 is 11.3 Å². The average Bonchev–Trinajstić information content (AvgIpc) is 3.30. The molecule has 5 nitrogen and oxygen atoms in total. The first-order valence-corrected chi connectivity index (χ1v) is 11.4. The number of ether oxygens (including phenoxy) is 1. The van der Waals surface area contributed by atoms with E-state index in [2.05, 4.69) is 40.7 Å². The predicted octanol–water partition coefficient (Wildman–Crippen LogP) is 5.24. The van der Waals surface area contributed by atoms with Gasteiger partial charge < -0.3 is 14.7 Å². The Kier molecular flexibility index (Phi) is 6.35. The number of aliphatic hydroxyl groups excluding tert-OH is 1. The van der Waals surface area contributed by atoms with E-state index in [-0.39, 0.29) is 6.10 Å². The van der Waals surface area contributed by atoms with Crippen LogP contribution in [0.15, 0.2) is 50.6 Å². The predicted molar refractivity (Wildman–Crippen MR) is 123 cm³/mol. The molecule has 0 spiro atoms. The van der Waals surface area contributed by atoms with Crippen molar-refractivity contribution in [1.29, 1.82) is 0 Å². The van der Waals surface area contributed by atoms with Gasteiger partial charge in [-0.2, -0.15) is 0 Å². The molecule has 0 aromatic carbocycles. The van der Waals surface area contributed by atoms with E-state index in [0.29, 0.717) is 24.8 Å². The number of aliphatic hydroxyl groups is 1. The normalized spacial score (nSPS) is 21.6. The highest BCUT2D eigenvalue weighted by molar-refractivity contribution is 7.19. The van der Waals surface area contributed by atoms with Crippen LogP contribution in [0.1, 0.15) is 49.0 Å². The molecule has 2 aliphatic rings. The zero-order valence-corrected chi connectivity index (χ0v) is 18.1. The highest BCUT2D eigenvalue weighted by Gasteiger charge is 2.29. The van der Waals surface area contributed by atoms with Gasteiger partial charge in [-0.15, -0.1) is 17.9 Å². The second-order valence-electron chi connectivity index (χ2n) is 7.94. The van der Waals surface area contributed by atoms with Crippen LogP contribution in [0.2, 0.25) is 0 Å². The van der Waals surface area contributed by atoms with Crippen LogP contribution in [0.25, 0.3) is 15.8 Å². The molecule has 1 N–H and O–H groups in total. The smallest absolute Gasteiger partial charge is 0.226 e. The first-order valence-electron chi connectivity index (χ1n) is 10.6. The topological polar surface area (TPSA) is 58.5 Å². The molecule has 0 bridgehead atoms. The van der Waals surface area contributed by atoms with Gasteiger partial charge in [-0.3, -0.25) is 0 Å². The summed E-state index contributed by atoms with van der Waals surface area (Å²) in [5, 5.41) is 11.3. The van der Waals surface area contributed by atoms with Crippen molar-refractivity contribution in [2.24, 2.45) is 0 Å². The molecule has 0 saturated heterocycles. The maximum Gasteiger partial charge on any atom is 0.226 e. The fourth-order valence-corrected chi connectivity index (χ4v) is 5.68. The van der Waals surface area contributed by atoms with Gasteiger partial charge in [0.1, 0.15) is 17.3 Å². The molecule has 0 radical (unpaired) electrons. The van der Waals surface area contributed by atoms with Crippen LogP contribution in [0.3, 0.4) is 0 Å². The van der Waals surface area contributed by atoms with Crippen molar-refractivity contribution in [2.75, 3.05) is 0 Å². The van der Waals surface area contributed by atoms with Crippen molar-refractivity contribution >= 4 is 27.1 Å². The molecule has 1 saturated carbocycles. The molecular formula is C24H29N3O2S. The van der Waals surface area contributed by atoms with Gasteiger partial charge in [0.15, 0.2) is 0 Å². The Balaban J connectivity index is 1.54. The molecule has 2 aliphatic carbocycles. The second-order valence-corrected chi connectivity index (χ2v) is 9.02. The number of nitrogens with zero attached hydrogens (tertiary/aromatic N) is 3. The van der Waals surface area contributed by atoms with Crippen LogP contribution in [0.5, 0.6) is 5.88 Å². The molecule has 6 heteroatoms. The number of fused-ring (bicyclic) bond motifs is 3. The summed E-state index contributed by atoms with van der Waals surface area (Å²) in [7, 11) is 0. The molecule has 1 fully saturated rings. The van der Waals surface area contributed by atoms with E-state index in [4.69, 9.17) is 4.74 Å². The lowest BCUT2D eigenvalue weighted by Gasteiger charge is -2.34. The summed E-state index contributed by atoms with van der Waals surface area (Å²) >= 11 is 1.70. The zero-order valence-electron chi connectivity index (χ0n) is 17.3. The molecule has 0 aliphatic heterocycles. The number of allylic oxidation sites excluding steroid dienone is 1. The minimum Gasteiger partial charge on any atom is -0.474 e. The minimum absolute atomic E-state index is 0.145. The monoisotopic (exact) mass is 423 g/mol. The lowest BCUT2D eigenvalue weighted by atomic mass is 9.92. The van der Waals surface area contributed by atoms with Crippen molar-refractivity contribution in [1.82, 2.24) is 14.9 Å². The molecule has 30 heavy (non-hydrogen) atoms. The van der Waals surface area contributed by atoms with Gasteiger partial charge in [0.05, 0.1) is 11.5 Å². The summed E-state index contributed by atoms with van der Waals surface area (Å²) in [6.07, 6.45) is 15.1. The Labute approximate surface area is 182 Å². The molecule has 4 rings (SSSR count). The summed E-state index contributed by atoms with van der Waals surface area (Å²) in [6.45, 7) is 11.5. The van der Waals surface area contributed by atoms with Crippen LogP contribution in [-0.4, -0.2) is 38.2 Å². The summed E-state index contributed by atoms with van der Waals surface area (Å²) in [4.78, 5) is 13.4. The van der Waals surface area contributed by atoms with E-state index in [9.17, 15) is 5.11 Å². The third-order valence-electron chi connectivity index (χ3n) is 6.04. The van der Waals surface area contributed by atoms with E-state index < -0.39 is 6.10 Å². The Morgan fingerprint density at radius 1 is 1.20 bits per heavy atom. The lowest BCUT2D eigenvalue weighted by Crippen LogP contribution is -2.34. The standard InChI is InChI=1S/C24H29N3O2S/c1-4-7-18(28)14-16-8-13-20-21(16)22-23(25-15-26-24(22)30-20)29-19-11-9-17(10-12-19)27(5-2)6-3/h4-6,8,15,17-19,28H,1-3,7,9-14H2/t17?,18-,19?/m0/s1. The van der Waals surface area contributed by atoms with Gasteiger partial charge in [0.25, 0.3) is 0 Å². The van der Waals surface area contributed by atoms with Crippen molar-refractivity contribution in [3.63, 3.8) is 0 Å². The van der Waals surface area contributed by atoms with Crippen LogP contribution in [0.4, 0.5) is 0 Å². The largest absolute Gasteiger partial charge is 0.474 e. The maximum atomic E-state index is 10.3. The highest BCUT2D eigenvalue weighted by Crippen LogP contribution is 2.45. The molecule has 158 valence electrons. The Morgan fingerprint density at radius 3 is 2.67 bits per heavy atom. The third-order valence-corrected chi connectivity index (χ3v) is 7.16. The molecule has 2 aromatic rings. The molecular weight excluding hydrogens is 394 g/mol. The number of rotatable bonds is 9. The molecule has 2 heterocycles. The van der Waals surface area contributed by atoms with Crippen molar-refractivity contribution in [2.45, 2.75) is 63.2 Å². The van der Waals surface area contributed by atoms with Crippen LogP contribution in [0, 0.1) is 0 Å². The van der Waals surface area contributed by atoms with Crippen LogP contribution < -0.4 is 4.74 Å². The van der Waals surface area contributed by atoms with E-state index in [1.165, 1.54) is 16.0 Å². The Morgan fingerprint density at radius 2 is 1.97 bits per heavy atom. The quantitative estimate of drug-likeness (QED) is 0.559. The van der Waals surface area contributed by atoms with Crippen LogP contribution in [-0.2, 0) is 6.42 Å². The molecule has 0 amide bonds. The number of aromatic nitrogens is 2. The highest BCUT2D eigenvalue weighted by atomic mass is 32.1. The van der Waals surface area contributed by atoms with Gasteiger partial charge in [0, 0.05) is 22.9 Å². The average molecular weight is 424 g/mol. The van der Waals surface area contributed by atoms with Crippen molar-refractivity contribution in [3.8, 4) is 5.88 Å².